The first-order valence-electron chi connectivity index (χ1n) is 13.0. The minimum atomic E-state index is -0.632. The van der Waals surface area contributed by atoms with Crippen LogP contribution in [0.15, 0.2) is 61.2 Å². The number of thioether (sulfide) groups is 1. The summed E-state index contributed by atoms with van der Waals surface area (Å²) in [5.74, 6) is 1.43. The van der Waals surface area contributed by atoms with Crippen molar-refractivity contribution in [2.75, 3.05) is 26.7 Å². The maximum absolute atomic E-state index is 13.7. The van der Waals surface area contributed by atoms with Crippen LogP contribution in [0.2, 0.25) is 0 Å². The van der Waals surface area contributed by atoms with Gasteiger partial charge in [0.1, 0.15) is 31.1 Å². The standard InChI is InChI=1S/C27H30N6O6S/c1-38-23-8-4-20(5-9-23)16-40-24-12-25(26(34)30-11-10-22(13-30)32-18-28-17-29-32)31(14-24)27(35)39-15-19-2-6-21(7-3-19)33(36)37/h2-9,17-18,22,24-25H,10-16H2,1H3/t22-,24-,25-/m0/s1. The zero-order valence-corrected chi connectivity index (χ0v) is 22.8. The van der Waals surface area contributed by atoms with Gasteiger partial charge in [-0.05, 0) is 48.2 Å². The van der Waals surface area contributed by atoms with Crippen LogP contribution in [0.3, 0.4) is 0 Å². The van der Waals surface area contributed by atoms with E-state index in [9.17, 15) is 19.7 Å². The molecule has 1 aromatic heterocycles. The summed E-state index contributed by atoms with van der Waals surface area (Å²) in [5, 5.41) is 15.2. The molecule has 13 heteroatoms. The molecular weight excluding hydrogens is 536 g/mol. The van der Waals surface area contributed by atoms with Gasteiger partial charge < -0.3 is 14.4 Å². The number of amides is 2. The topological polar surface area (TPSA) is 133 Å². The number of ether oxygens (including phenoxy) is 2. The van der Waals surface area contributed by atoms with Crippen molar-refractivity contribution in [3.05, 3.63) is 82.4 Å². The summed E-state index contributed by atoms with van der Waals surface area (Å²) in [6, 6.07) is 13.1. The number of nitro benzene ring substituents is 1. The van der Waals surface area contributed by atoms with Crippen molar-refractivity contribution in [1.82, 2.24) is 24.6 Å². The Bertz CT molecular complexity index is 1320. The summed E-state index contributed by atoms with van der Waals surface area (Å²) in [6.07, 6.45) is 3.85. The predicted molar refractivity (Wildman–Crippen MR) is 147 cm³/mol. The molecule has 2 aliphatic rings. The van der Waals surface area contributed by atoms with Gasteiger partial charge in [-0.1, -0.05) is 12.1 Å². The van der Waals surface area contributed by atoms with E-state index in [0.717, 1.165) is 23.5 Å². The molecule has 2 amide bonds. The molecule has 0 saturated carbocycles. The van der Waals surface area contributed by atoms with Crippen LogP contribution in [0.4, 0.5) is 10.5 Å². The molecule has 2 saturated heterocycles. The third-order valence-electron chi connectivity index (χ3n) is 7.22. The number of carbonyl (C=O) groups is 2. The number of non-ortho nitro benzene ring substituents is 1. The zero-order valence-electron chi connectivity index (χ0n) is 22.0. The lowest BCUT2D eigenvalue weighted by atomic mass is 10.2. The van der Waals surface area contributed by atoms with Crippen LogP contribution >= 0.6 is 11.8 Å². The highest BCUT2D eigenvalue weighted by atomic mass is 32.2. The monoisotopic (exact) mass is 566 g/mol. The van der Waals surface area contributed by atoms with Crippen molar-refractivity contribution < 1.29 is 24.0 Å². The van der Waals surface area contributed by atoms with E-state index in [0.29, 0.717) is 31.6 Å². The smallest absolute Gasteiger partial charge is 0.410 e. The maximum Gasteiger partial charge on any atom is 0.410 e. The number of carbonyl (C=O) groups excluding carboxylic acids is 2. The Labute approximate surface area is 235 Å². The molecule has 0 spiro atoms. The fourth-order valence-corrected chi connectivity index (χ4v) is 6.21. The lowest BCUT2D eigenvalue weighted by Crippen LogP contribution is -2.47. The molecule has 3 heterocycles. The first-order chi connectivity index (χ1) is 19.4. The summed E-state index contributed by atoms with van der Waals surface area (Å²) < 4.78 is 12.6. The van der Waals surface area contributed by atoms with Gasteiger partial charge in [0.15, 0.2) is 0 Å². The highest BCUT2D eigenvalue weighted by Crippen LogP contribution is 2.33. The molecule has 12 nitrogen and oxygen atoms in total. The van der Waals surface area contributed by atoms with Gasteiger partial charge in [0.25, 0.3) is 5.69 Å². The van der Waals surface area contributed by atoms with E-state index in [1.54, 1.807) is 46.9 Å². The molecule has 3 atom stereocenters. The average Bonchev–Trinajstić information content (AvgIpc) is 3.76. The van der Waals surface area contributed by atoms with Crippen LogP contribution in [0.5, 0.6) is 5.75 Å². The van der Waals surface area contributed by atoms with Gasteiger partial charge in [-0.2, -0.15) is 16.9 Å². The number of hydrogen-bond acceptors (Lipinski definition) is 9. The second-order valence-electron chi connectivity index (χ2n) is 9.77. The zero-order chi connectivity index (χ0) is 28.1. The van der Waals surface area contributed by atoms with E-state index in [1.807, 2.05) is 24.3 Å². The van der Waals surface area contributed by atoms with Gasteiger partial charge in [-0.25, -0.2) is 14.5 Å². The normalized spacial score (nSPS) is 20.5. The molecule has 2 aliphatic heterocycles. The molecule has 0 bridgehead atoms. The highest BCUT2D eigenvalue weighted by molar-refractivity contribution is 7.99. The third-order valence-corrected chi connectivity index (χ3v) is 8.54. The van der Waals surface area contributed by atoms with E-state index >= 15 is 0 Å². The Morgan fingerprint density at radius 3 is 2.52 bits per heavy atom. The summed E-state index contributed by atoms with van der Waals surface area (Å²) in [4.78, 5) is 44.7. The van der Waals surface area contributed by atoms with Crippen molar-refractivity contribution >= 4 is 29.4 Å². The van der Waals surface area contributed by atoms with Gasteiger partial charge in [-0.3, -0.25) is 19.8 Å². The summed E-state index contributed by atoms with van der Waals surface area (Å²) in [6.45, 7) is 1.43. The number of benzene rings is 2. The van der Waals surface area contributed by atoms with Crippen molar-refractivity contribution in [3.63, 3.8) is 0 Å². The van der Waals surface area contributed by atoms with E-state index in [2.05, 4.69) is 10.1 Å². The predicted octanol–water partition coefficient (Wildman–Crippen LogP) is 3.68. The fourth-order valence-electron chi connectivity index (χ4n) is 5.01. The summed E-state index contributed by atoms with van der Waals surface area (Å²) in [5.41, 5.74) is 1.72. The van der Waals surface area contributed by atoms with Crippen molar-refractivity contribution in [2.45, 2.75) is 42.5 Å². The molecule has 210 valence electrons. The lowest BCUT2D eigenvalue weighted by molar-refractivity contribution is -0.384. The first kappa shape index (κ1) is 27.4. The van der Waals surface area contributed by atoms with Gasteiger partial charge >= 0.3 is 6.09 Å². The SMILES string of the molecule is COc1ccc(CS[C@H]2C[C@@H](C(=O)N3CC[C@H](n4cncn4)C3)N(C(=O)OCc3ccc([N+](=O)[O-])cc3)C2)cc1. The number of hydrogen-bond donors (Lipinski definition) is 0. The average molecular weight is 567 g/mol. The Kier molecular flexibility index (Phi) is 8.48. The Balaban J connectivity index is 1.24. The number of likely N-dealkylation sites (tertiary alicyclic amines) is 2. The molecule has 0 N–H and O–H groups in total. The van der Waals surface area contributed by atoms with Crippen molar-refractivity contribution in [3.8, 4) is 5.75 Å². The minimum absolute atomic E-state index is 0.0354. The Morgan fingerprint density at radius 1 is 1.10 bits per heavy atom. The van der Waals surface area contributed by atoms with Crippen molar-refractivity contribution in [2.24, 2.45) is 0 Å². The molecule has 2 fully saturated rings. The van der Waals surface area contributed by atoms with Crippen LogP contribution in [0.1, 0.15) is 30.0 Å². The molecule has 40 heavy (non-hydrogen) atoms. The number of methoxy groups -OCH3 is 1. The molecule has 3 aromatic rings. The Hall–Kier alpha value is -4.13. The largest absolute Gasteiger partial charge is 0.497 e. The van der Waals surface area contributed by atoms with Crippen LogP contribution in [-0.4, -0.2) is 79.5 Å². The quantitative estimate of drug-likeness (QED) is 0.281. The van der Waals surface area contributed by atoms with E-state index in [4.69, 9.17) is 9.47 Å². The van der Waals surface area contributed by atoms with Crippen LogP contribution < -0.4 is 4.74 Å². The maximum atomic E-state index is 13.7. The van der Waals surface area contributed by atoms with Gasteiger partial charge in [0.05, 0.1) is 18.1 Å². The fraction of sp³-hybridized carbons (Fsp3) is 0.407. The van der Waals surface area contributed by atoms with Gasteiger partial charge in [0, 0.05) is 42.8 Å². The molecular formula is C27H30N6O6S. The van der Waals surface area contributed by atoms with Gasteiger partial charge in [0.2, 0.25) is 5.91 Å². The summed E-state index contributed by atoms with van der Waals surface area (Å²) in [7, 11) is 1.63. The lowest BCUT2D eigenvalue weighted by Gasteiger charge is -2.27. The first-order valence-corrected chi connectivity index (χ1v) is 14.0. The molecule has 0 unspecified atom stereocenters. The molecule has 5 rings (SSSR count). The van der Waals surface area contributed by atoms with Crippen molar-refractivity contribution in [1.29, 1.82) is 0 Å². The van der Waals surface area contributed by atoms with E-state index in [-0.39, 0.29) is 29.5 Å². The second kappa shape index (κ2) is 12.4. The molecule has 2 aromatic carbocycles. The second-order valence-corrected chi connectivity index (χ2v) is 11.1. The summed E-state index contributed by atoms with van der Waals surface area (Å²) >= 11 is 1.71. The highest BCUT2D eigenvalue weighted by Gasteiger charge is 2.43. The minimum Gasteiger partial charge on any atom is -0.497 e. The molecule has 0 radical (unpaired) electrons. The number of nitrogens with zero attached hydrogens (tertiary/aromatic N) is 6. The van der Waals surface area contributed by atoms with Crippen LogP contribution in [0.25, 0.3) is 0 Å². The van der Waals surface area contributed by atoms with Crippen LogP contribution in [0, 0.1) is 10.1 Å². The van der Waals surface area contributed by atoms with E-state index < -0.39 is 17.1 Å². The number of aromatic nitrogens is 3. The van der Waals surface area contributed by atoms with Gasteiger partial charge in [-0.15, -0.1) is 0 Å². The number of nitro groups is 1. The molecule has 0 aliphatic carbocycles. The van der Waals surface area contributed by atoms with Crippen LogP contribution in [-0.2, 0) is 21.9 Å². The third kappa shape index (κ3) is 6.36. The number of rotatable bonds is 9. The Morgan fingerprint density at radius 2 is 1.85 bits per heavy atom. The van der Waals surface area contributed by atoms with E-state index in [1.165, 1.54) is 23.4 Å².